The summed E-state index contributed by atoms with van der Waals surface area (Å²) in [6, 6.07) is 8.33. The Bertz CT molecular complexity index is 697. The lowest BCUT2D eigenvalue weighted by molar-refractivity contribution is 0.295. The molecule has 0 aliphatic heterocycles. The first-order valence-electron chi connectivity index (χ1n) is 9.39. The maximum atomic E-state index is 6.07. The fraction of sp³-hybridized carbons (Fsp3) is 0.364. The van der Waals surface area contributed by atoms with Gasteiger partial charge in [0.25, 0.3) is 0 Å². The van der Waals surface area contributed by atoms with Gasteiger partial charge in [0.2, 0.25) is 0 Å². The van der Waals surface area contributed by atoms with Crippen LogP contribution in [0.5, 0.6) is 0 Å². The Hall–Kier alpha value is -1.32. The number of rotatable bonds is 9. The highest BCUT2D eigenvalue weighted by molar-refractivity contribution is 6.31. The standard InChI is InChI=1S/C22H27ClN3/c1-3-26(16-18-8-4-5-9-18)14-6-7-17(2)25-21-12-13-24-22-15-19(23)10-11-20(21)22/h4-5,8-13,15,17H,3,6-7,14,16H2,1-2H3,(H,24,25). The van der Waals surface area contributed by atoms with E-state index in [2.05, 4.69) is 54.7 Å². The van der Waals surface area contributed by atoms with Crippen LogP contribution in [0.15, 0.2) is 30.5 Å². The van der Waals surface area contributed by atoms with Crippen LogP contribution < -0.4 is 5.32 Å². The minimum atomic E-state index is 0.411. The third-order valence-corrected chi connectivity index (χ3v) is 5.04. The summed E-state index contributed by atoms with van der Waals surface area (Å²) in [7, 11) is 0. The number of anilines is 1. The molecule has 1 unspecified atom stereocenters. The molecule has 0 bridgehead atoms. The maximum absolute atomic E-state index is 6.07. The molecule has 1 heterocycles. The van der Waals surface area contributed by atoms with E-state index >= 15 is 0 Å². The van der Waals surface area contributed by atoms with Crippen LogP contribution in [-0.4, -0.2) is 35.6 Å². The number of benzene rings is 1. The number of pyridine rings is 1. The smallest absolute Gasteiger partial charge is 0.0737 e. The molecule has 1 aromatic carbocycles. The van der Waals surface area contributed by atoms with Crippen LogP contribution in [0.4, 0.5) is 5.69 Å². The lowest BCUT2D eigenvalue weighted by Gasteiger charge is -2.24. The molecule has 2 aromatic rings. The van der Waals surface area contributed by atoms with Crippen molar-refractivity contribution < 1.29 is 0 Å². The molecule has 4 heteroatoms. The first-order valence-corrected chi connectivity index (χ1v) is 9.77. The van der Waals surface area contributed by atoms with E-state index in [0.29, 0.717) is 6.04 Å². The Morgan fingerprint density at radius 2 is 2.00 bits per heavy atom. The molecule has 26 heavy (non-hydrogen) atoms. The van der Waals surface area contributed by atoms with Crippen molar-refractivity contribution in [2.45, 2.75) is 32.7 Å². The van der Waals surface area contributed by atoms with Gasteiger partial charge in [0.05, 0.1) is 5.52 Å². The Morgan fingerprint density at radius 3 is 2.77 bits per heavy atom. The first-order chi connectivity index (χ1) is 12.7. The molecular weight excluding hydrogens is 342 g/mol. The number of nitrogens with zero attached hydrogens (tertiary/aromatic N) is 2. The van der Waals surface area contributed by atoms with Crippen molar-refractivity contribution in [3.8, 4) is 0 Å². The lowest BCUT2D eigenvalue weighted by Crippen LogP contribution is -2.30. The number of hydrogen-bond donors (Lipinski definition) is 1. The van der Waals surface area contributed by atoms with E-state index in [9.17, 15) is 0 Å². The zero-order chi connectivity index (χ0) is 18.4. The van der Waals surface area contributed by atoms with Gasteiger partial charge in [-0.1, -0.05) is 18.5 Å². The summed E-state index contributed by atoms with van der Waals surface area (Å²) in [6.45, 7) is 7.73. The monoisotopic (exact) mass is 368 g/mol. The van der Waals surface area contributed by atoms with Gasteiger partial charge in [-0.25, -0.2) is 0 Å². The van der Waals surface area contributed by atoms with Gasteiger partial charge in [-0.3, -0.25) is 4.98 Å². The molecule has 0 amide bonds. The third kappa shape index (κ3) is 5.34. The van der Waals surface area contributed by atoms with Crippen molar-refractivity contribution in [1.29, 1.82) is 0 Å². The van der Waals surface area contributed by atoms with Gasteiger partial charge in [-0.2, -0.15) is 0 Å². The SMILES string of the molecule is CCN(CCCC(C)Nc1ccnc2cc(Cl)ccc12)C[C]1[CH][CH][CH][CH]1. The second-order valence-electron chi connectivity index (χ2n) is 6.87. The van der Waals surface area contributed by atoms with Crippen LogP contribution in [0, 0.1) is 31.6 Å². The molecule has 1 saturated carbocycles. The van der Waals surface area contributed by atoms with Crippen molar-refractivity contribution in [3.63, 3.8) is 0 Å². The molecule has 5 radical (unpaired) electrons. The van der Waals surface area contributed by atoms with Crippen molar-refractivity contribution in [1.82, 2.24) is 9.88 Å². The average Bonchev–Trinajstić information content (AvgIpc) is 3.14. The molecule has 1 aliphatic carbocycles. The van der Waals surface area contributed by atoms with Gasteiger partial charge >= 0.3 is 0 Å². The van der Waals surface area contributed by atoms with E-state index in [1.165, 1.54) is 12.3 Å². The molecule has 137 valence electrons. The van der Waals surface area contributed by atoms with E-state index in [1.807, 2.05) is 30.5 Å². The minimum absolute atomic E-state index is 0.411. The second kappa shape index (κ2) is 9.57. The van der Waals surface area contributed by atoms with Crippen molar-refractivity contribution >= 4 is 28.2 Å². The predicted octanol–water partition coefficient (Wildman–Crippen LogP) is 5.20. The number of aromatic nitrogens is 1. The van der Waals surface area contributed by atoms with Crippen LogP contribution in [0.25, 0.3) is 10.9 Å². The predicted molar refractivity (Wildman–Crippen MR) is 112 cm³/mol. The summed E-state index contributed by atoms with van der Waals surface area (Å²) >= 11 is 6.07. The van der Waals surface area contributed by atoms with Gasteiger partial charge in [0, 0.05) is 34.9 Å². The van der Waals surface area contributed by atoms with E-state index < -0.39 is 0 Å². The van der Waals surface area contributed by atoms with E-state index in [-0.39, 0.29) is 0 Å². The topological polar surface area (TPSA) is 28.2 Å². The maximum Gasteiger partial charge on any atom is 0.0737 e. The second-order valence-corrected chi connectivity index (χ2v) is 7.31. The van der Waals surface area contributed by atoms with E-state index in [1.54, 1.807) is 0 Å². The van der Waals surface area contributed by atoms with Crippen molar-refractivity contribution in [2.75, 3.05) is 25.0 Å². The van der Waals surface area contributed by atoms with Crippen molar-refractivity contribution in [2.24, 2.45) is 0 Å². The van der Waals surface area contributed by atoms with Gasteiger partial charge in [0.15, 0.2) is 0 Å². The fourth-order valence-corrected chi connectivity index (χ4v) is 3.50. The largest absolute Gasteiger partial charge is 0.382 e. The molecule has 3 nitrogen and oxygen atoms in total. The lowest BCUT2D eigenvalue weighted by atomic mass is 10.1. The van der Waals surface area contributed by atoms with Crippen LogP contribution in [0.2, 0.25) is 5.02 Å². The van der Waals surface area contributed by atoms with Crippen LogP contribution >= 0.6 is 11.6 Å². The summed E-state index contributed by atoms with van der Waals surface area (Å²) in [5.74, 6) is 1.40. The zero-order valence-electron chi connectivity index (χ0n) is 15.6. The Balaban J connectivity index is 1.48. The Morgan fingerprint density at radius 1 is 1.19 bits per heavy atom. The van der Waals surface area contributed by atoms with Crippen LogP contribution in [0.1, 0.15) is 26.7 Å². The molecule has 1 fully saturated rings. The van der Waals surface area contributed by atoms with Crippen molar-refractivity contribution in [3.05, 3.63) is 67.1 Å². The Kier molecular flexibility index (Phi) is 7.15. The molecule has 0 saturated heterocycles. The normalized spacial score (nSPS) is 16.5. The molecule has 3 rings (SSSR count). The highest BCUT2D eigenvalue weighted by atomic mass is 35.5. The van der Waals surface area contributed by atoms with E-state index in [0.717, 1.165) is 47.7 Å². The molecule has 1 N–H and O–H groups in total. The summed E-state index contributed by atoms with van der Waals surface area (Å²) in [5.41, 5.74) is 2.06. The van der Waals surface area contributed by atoms with Crippen LogP contribution in [-0.2, 0) is 0 Å². The summed E-state index contributed by atoms with van der Waals surface area (Å²) < 4.78 is 0. The van der Waals surface area contributed by atoms with E-state index in [4.69, 9.17) is 11.6 Å². The van der Waals surface area contributed by atoms with Gasteiger partial charge < -0.3 is 10.2 Å². The van der Waals surface area contributed by atoms with Crippen LogP contribution in [0.3, 0.4) is 0 Å². The Labute approximate surface area is 163 Å². The summed E-state index contributed by atoms with van der Waals surface area (Å²) in [6.07, 6.45) is 12.8. The molecule has 1 atom stereocenters. The highest BCUT2D eigenvalue weighted by Gasteiger charge is 2.19. The average molecular weight is 369 g/mol. The summed E-state index contributed by atoms with van der Waals surface area (Å²) in [4.78, 5) is 6.92. The van der Waals surface area contributed by atoms with Gasteiger partial charge in [-0.15, -0.1) is 0 Å². The third-order valence-electron chi connectivity index (χ3n) is 4.80. The highest BCUT2D eigenvalue weighted by Crippen LogP contribution is 2.26. The molecule has 1 aromatic heterocycles. The number of hydrogen-bond acceptors (Lipinski definition) is 3. The number of fused-ring (bicyclic) bond motifs is 1. The summed E-state index contributed by atoms with van der Waals surface area (Å²) in [5, 5.41) is 5.48. The number of halogens is 1. The quantitative estimate of drug-likeness (QED) is 0.659. The van der Waals surface area contributed by atoms with Gasteiger partial charge in [-0.05, 0) is 88.7 Å². The molecule has 1 aliphatic rings. The minimum Gasteiger partial charge on any atom is -0.382 e. The molecule has 0 spiro atoms. The molecular formula is C22H27ClN3. The first kappa shape index (κ1) is 19.4. The zero-order valence-corrected chi connectivity index (χ0v) is 16.3. The fourth-order valence-electron chi connectivity index (χ4n) is 3.33. The van der Waals surface area contributed by atoms with Gasteiger partial charge in [0.1, 0.15) is 0 Å². The number of nitrogens with one attached hydrogen (secondary N) is 1.